The van der Waals surface area contributed by atoms with Crippen molar-refractivity contribution >= 4 is 61.1 Å². The van der Waals surface area contributed by atoms with Crippen molar-refractivity contribution in [3.05, 3.63) is 154 Å². The minimum atomic E-state index is -0.626. The molecule has 0 aliphatic carbocycles. The van der Waals surface area contributed by atoms with Gasteiger partial charge in [-0.2, -0.15) is 0 Å². The fourth-order valence-electron chi connectivity index (χ4n) is 8.85. The predicted octanol–water partition coefficient (Wildman–Crippen LogP) is 13.3. The van der Waals surface area contributed by atoms with Gasteiger partial charge in [-0.05, 0) is 123 Å². The van der Waals surface area contributed by atoms with Crippen LogP contribution in [-0.4, -0.2) is 26.1 Å². The van der Waals surface area contributed by atoms with Gasteiger partial charge in [0.25, 0.3) is 0 Å². The second-order valence-electron chi connectivity index (χ2n) is 17.3. The highest BCUT2D eigenvalue weighted by atomic mass is 16.7. The summed E-state index contributed by atoms with van der Waals surface area (Å²) < 4.78 is 12.3. The molecule has 0 fully saturated rings. The maximum Gasteiger partial charge on any atom is 0.509 e. The maximum absolute atomic E-state index is 13.6. The SMILES string of the molecule is CCCCCC(OC(=O)OC(CCCCC)c1ccc(CCc2ccc3c(cnc4c(C)ccc(N)c43)n2)cc1)c1ccc(CCc2ccc3c(cnc4c(C)ccc(N)c43)n2)cc1. The Morgan fingerprint density at radius 1 is 0.531 bits per heavy atom. The monoisotopic (exact) mass is 852 g/mol. The molecule has 2 unspecified atom stereocenters. The lowest BCUT2D eigenvalue weighted by Gasteiger charge is -2.22. The van der Waals surface area contributed by atoms with Crippen molar-refractivity contribution in [2.75, 3.05) is 11.5 Å². The Morgan fingerprint density at radius 3 is 1.36 bits per heavy atom. The van der Waals surface area contributed by atoms with E-state index in [2.05, 4.69) is 100 Å². The number of carbonyl (C=O) groups excluding carboxylic acids is 1. The van der Waals surface area contributed by atoms with Gasteiger partial charge in [-0.25, -0.2) is 4.79 Å². The first-order valence-corrected chi connectivity index (χ1v) is 23.1. The zero-order chi connectivity index (χ0) is 44.6. The van der Waals surface area contributed by atoms with Crippen LogP contribution in [0.2, 0.25) is 0 Å². The second kappa shape index (κ2) is 20.3. The van der Waals surface area contributed by atoms with Crippen molar-refractivity contribution in [1.29, 1.82) is 0 Å². The number of benzene rings is 4. The third-order valence-corrected chi connectivity index (χ3v) is 12.6. The van der Waals surface area contributed by atoms with Crippen LogP contribution >= 0.6 is 0 Å². The van der Waals surface area contributed by atoms with Crippen LogP contribution in [-0.2, 0) is 35.2 Å². The molecule has 2 atom stereocenters. The van der Waals surface area contributed by atoms with Crippen molar-refractivity contribution in [1.82, 2.24) is 19.9 Å². The molecule has 0 saturated carbocycles. The molecule has 4 N–H and O–H groups in total. The average molecular weight is 853 g/mol. The first-order chi connectivity index (χ1) is 31.2. The molecule has 8 aromatic rings. The van der Waals surface area contributed by atoms with E-state index in [1.807, 2.05) is 36.7 Å². The third-order valence-electron chi connectivity index (χ3n) is 12.6. The van der Waals surface area contributed by atoms with E-state index in [9.17, 15) is 4.79 Å². The lowest BCUT2D eigenvalue weighted by atomic mass is 9.99. The highest BCUT2D eigenvalue weighted by molar-refractivity contribution is 6.12. The molecule has 0 spiro atoms. The van der Waals surface area contributed by atoms with Gasteiger partial charge >= 0.3 is 6.16 Å². The first kappa shape index (κ1) is 44.0. The summed E-state index contributed by atoms with van der Waals surface area (Å²) >= 11 is 0. The number of unbranched alkanes of at least 4 members (excludes halogenated alkanes) is 4. The third kappa shape index (κ3) is 10.1. The van der Waals surface area contributed by atoms with Gasteiger partial charge in [0.15, 0.2) is 0 Å². The molecule has 4 aromatic heterocycles. The number of hydrogen-bond acceptors (Lipinski definition) is 9. The Morgan fingerprint density at radius 2 is 0.953 bits per heavy atom. The van der Waals surface area contributed by atoms with Crippen LogP contribution in [0.5, 0.6) is 0 Å². The van der Waals surface area contributed by atoms with E-state index in [4.69, 9.17) is 40.9 Å². The molecular formula is C55H60N6O3. The minimum absolute atomic E-state index is 0.396. The minimum Gasteiger partial charge on any atom is -0.426 e. The molecule has 9 nitrogen and oxygen atoms in total. The van der Waals surface area contributed by atoms with E-state index < -0.39 is 18.4 Å². The van der Waals surface area contributed by atoms with E-state index in [0.717, 1.165) is 154 Å². The van der Waals surface area contributed by atoms with Gasteiger partial charge in [-0.3, -0.25) is 19.9 Å². The van der Waals surface area contributed by atoms with Crippen LogP contribution in [0.4, 0.5) is 16.2 Å². The van der Waals surface area contributed by atoms with Gasteiger partial charge in [-0.1, -0.05) is 112 Å². The van der Waals surface area contributed by atoms with Crippen molar-refractivity contribution in [2.24, 2.45) is 0 Å². The van der Waals surface area contributed by atoms with Gasteiger partial charge < -0.3 is 20.9 Å². The highest BCUT2D eigenvalue weighted by Crippen LogP contribution is 2.33. The Balaban J connectivity index is 0.900. The summed E-state index contributed by atoms with van der Waals surface area (Å²) in [7, 11) is 0. The Kier molecular flexibility index (Phi) is 13.9. The number of rotatable bonds is 18. The van der Waals surface area contributed by atoms with Crippen LogP contribution in [0.25, 0.3) is 43.6 Å². The summed E-state index contributed by atoms with van der Waals surface area (Å²) in [5.41, 5.74) is 26.2. The fourth-order valence-corrected chi connectivity index (χ4v) is 8.85. The number of nitrogen functional groups attached to an aromatic ring is 2. The largest absolute Gasteiger partial charge is 0.509 e. The molecule has 4 heterocycles. The summed E-state index contributed by atoms with van der Waals surface area (Å²) in [6.07, 6.45) is 13.2. The van der Waals surface area contributed by atoms with Gasteiger partial charge in [0.1, 0.15) is 12.2 Å². The average Bonchev–Trinajstić information content (AvgIpc) is 3.31. The quantitative estimate of drug-likeness (QED) is 0.0374. The van der Waals surface area contributed by atoms with Gasteiger partial charge in [-0.15, -0.1) is 0 Å². The van der Waals surface area contributed by atoms with Gasteiger partial charge in [0.2, 0.25) is 0 Å². The number of nitrogens with two attached hydrogens (primary N) is 2. The molecule has 0 aliphatic heterocycles. The molecule has 0 amide bonds. The van der Waals surface area contributed by atoms with Crippen molar-refractivity contribution in [3.63, 3.8) is 0 Å². The molecule has 0 radical (unpaired) electrons. The number of aryl methyl sites for hydroxylation is 6. The molecule has 9 heteroatoms. The summed E-state index contributed by atoms with van der Waals surface area (Å²) in [6, 6.07) is 33.2. The molecule has 0 aliphatic rings. The Hall–Kier alpha value is -6.61. The maximum atomic E-state index is 13.6. The van der Waals surface area contributed by atoms with Crippen LogP contribution in [0.15, 0.2) is 109 Å². The predicted molar refractivity (Wildman–Crippen MR) is 261 cm³/mol. The standard InChI is InChI=1S/C55H60N6O3/c1-5-7-9-11-49(39-21-15-37(16-22-39)19-25-41-27-29-43-47(60-41)33-58-53-35(3)13-31-45(56)51(43)53)63-55(62)64-50(12-10-8-6-2)40-23-17-38(18-24-40)20-26-42-28-30-44-48(61-42)34-59-54-36(4)14-32-46(57)52(44)54/h13-18,21-24,27-34,49-50H,5-12,19-20,25-26,56-57H2,1-4H3. The number of ether oxygens (including phenoxy) is 2. The van der Waals surface area contributed by atoms with Gasteiger partial charge in [0.05, 0.1) is 34.5 Å². The van der Waals surface area contributed by atoms with Gasteiger partial charge in [0, 0.05) is 44.3 Å². The highest BCUT2D eigenvalue weighted by Gasteiger charge is 2.23. The summed E-state index contributed by atoms with van der Waals surface area (Å²) in [5, 5.41) is 3.97. The second-order valence-corrected chi connectivity index (χ2v) is 17.3. The summed E-state index contributed by atoms with van der Waals surface area (Å²) in [5.74, 6) is 0. The fraction of sp³-hybridized carbons (Fsp3) is 0.327. The molecule has 0 bridgehead atoms. The molecular weight excluding hydrogens is 793 g/mol. The first-order valence-electron chi connectivity index (χ1n) is 23.1. The van der Waals surface area contributed by atoms with Crippen LogP contribution in [0, 0.1) is 13.8 Å². The number of hydrogen-bond donors (Lipinski definition) is 2. The van der Waals surface area contributed by atoms with E-state index in [-0.39, 0.29) is 0 Å². The molecule has 64 heavy (non-hydrogen) atoms. The van der Waals surface area contributed by atoms with Crippen LogP contribution < -0.4 is 11.5 Å². The van der Waals surface area contributed by atoms with E-state index >= 15 is 0 Å². The summed E-state index contributed by atoms with van der Waals surface area (Å²) in [6.45, 7) is 8.47. The molecule has 4 aromatic carbocycles. The Labute approximate surface area is 376 Å². The van der Waals surface area contributed by atoms with Crippen molar-refractivity contribution < 1.29 is 14.3 Å². The van der Waals surface area contributed by atoms with E-state index in [0.29, 0.717) is 11.4 Å². The number of aromatic nitrogens is 4. The zero-order valence-corrected chi connectivity index (χ0v) is 37.7. The Bertz CT molecular complexity index is 2700. The number of carbonyl (C=O) groups is 1. The van der Waals surface area contributed by atoms with E-state index in [1.165, 1.54) is 11.1 Å². The lowest BCUT2D eigenvalue weighted by molar-refractivity contribution is -0.00864. The molecule has 8 rings (SSSR count). The number of anilines is 2. The van der Waals surface area contributed by atoms with Crippen LogP contribution in [0.3, 0.4) is 0 Å². The molecule has 328 valence electrons. The van der Waals surface area contributed by atoms with Crippen LogP contribution in [0.1, 0.15) is 122 Å². The van der Waals surface area contributed by atoms with Crippen molar-refractivity contribution in [2.45, 2.75) is 117 Å². The molecule has 0 saturated heterocycles. The number of fused-ring (bicyclic) bond motifs is 6. The summed E-state index contributed by atoms with van der Waals surface area (Å²) in [4.78, 5) is 32.9. The normalized spacial score (nSPS) is 12.6. The zero-order valence-electron chi connectivity index (χ0n) is 37.7. The van der Waals surface area contributed by atoms with Crippen molar-refractivity contribution in [3.8, 4) is 0 Å². The van der Waals surface area contributed by atoms with E-state index in [1.54, 1.807) is 0 Å². The topological polar surface area (TPSA) is 139 Å². The number of nitrogens with zero attached hydrogens (tertiary/aromatic N) is 4. The number of pyridine rings is 4. The lowest BCUT2D eigenvalue weighted by Crippen LogP contribution is -2.17. The smallest absolute Gasteiger partial charge is 0.426 e.